The first-order valence-electron chi connectivity index (χ1n) is 4.80. The number of hydrogen-bond acceptors (Lipinski definition) is 1. The number of rotatable bonds is 3. The second-order valence-electron chi connectivity index (χ2n) is 3.14. The van der Waals surface area contributed by atoms with Gasteiger partial charge in [0.2, 0.25) is 0 Å². The molecule has 0 amide bonds. The summed E-state index contributed by atoms with van der Waals surface area (Å²) < 4.78 is 0. The van der Waals surface area contributed by atoms with Crippen molar-refractivity contribution in [2.75, 3.05) is 0 Å². The minimum absolute atomic E-state index is 0.0881. The van der Waals surface area contributed by atoms with Gasteiger partial charge in [-0.2, -0.15) is 5.26 Å². The summed E-state index contributed by atoms with van der Waals surface area (Å²) in [6.45, 7) is 2.07. The normalized spacial score (nSPS) is 12.3. The molecule has 0 aromatic heterocycles. The molecule has 0 fully saturated rings. The lowest BCUT2D eigenvalue weighted by Gasteiger charge is -2.10. The van der Waals surface area contributed by atoms with Crippen LogP contribution in [-0.2, 0) is 6.04 Å². The van der Waals surface area contributed by atoms with Crippen molar-refractivity contribution in [3.63, 3.8) is 0 Å². The Morgan fingerprint density at radius 1 is 1.46 bits per heavy atom. The molecule has 0 heterocycles. The van der Waals surface area contributed by atoms with Gasteiger partial charge in [-0.05, 0) is 23.6 Å². The molecule has 1 aromatic rings. The molecule has 1 atom stereocenters. The maximum Gasteiger partial charge on any atom is 0.0712 e. The second kappa shape index (κ2) is 4.83. The van der Waals surface area contributed by atoms with E-state index >= 15 is 0 Å². The first-order valence-corrected chi connectivity index (χ1v) is 6.22. The lowest BCUT2D eigenvalue weighted by atomic mass is 9.94. The molecular formula is C11H15NSi. The van der Waals surface area contributed by atoms with Crippen LogP contribution in [0.5, 0.6) is 0 Å². The van der Waals surface area contributed by atoms with Crippen molar-refractivity contribution >= 4 is 10.2 Å². The van der Waals surface area contributed by atoms with Crippen LogP contribution in [0.1, 0.15) is 30.4 Å². The molecule has 1 aromatic carbocycles. The van der Waals surface area contributed by atoms with E-state index in [4.69, 9.17) is 5.26 Å². The van der Waals surface area contributed by atoms with Crippen LogP contribution >= 0.6 is 0 Å². The van der Waals surface area contributed by atoms with Crippen LogP contribution in [0, 0.1) is 11.3 Å². The summed E-state index contributed by atoms with van der Waals surface area (Å²) >= 11 is 0. The molecule has 1 unspecified atom stereocenters. The van der Waals surface area contributed by atoms with Gasteiger partial charge in [0, 0.05) is 10.2 Å². The van der Waals surface area contributed by atoms with Crippen molar-refractivity contribution in [2.24, 2.45) is 0 Å². The van der Waals surface area contributed by atoms with E-state index in [9.17, 15) is 0 Å². The molecule has 0 radical (unpaired) electrons. The van der Waals surface area contributed by atoms with Gasteiger partial charge in [0.05, 0.1) is 12.0 Å². The number of nitriles is 1. The number of nitrogens with zero attached hydrogens (tertiary/aromatic N) is 1. The zero-order valence-corrected chi connectivity index (χ0v) is 10.2. The van der Waals surface area contributed by atoms with Gasteiger partial charge in [-0.25, -0.2) is 0 Å². The number of benzene rings is 1. The minimum Gasteiger partial charge on any atom is -0.198 e. The third-order valence-corrected chi connectivity index (χ3v) is 3.14. The van der Waals surface area contributed by atoms with E-state index in [0.29, 0.717) is 0 Å². The van der Waals surface area contributed by atoms with Gasteiger partial charge < -0.3 is 0 Å². The van der Waals surface area contributed by atoms with Crippen LogP contribution in [0.3, 0.4) is 0 Å². The Labute approximate surface area is 82.8 Å². The standard InChI is InChI=1S/C11H15NSi/c1-2-9(7-12)11-6-4-3-5-10(11)8-13/h3-6,9H,2,8H2,1,13H3. The zero-order chi connectivity index (χ0) is 9.68. The summed E-state index contributed by atoms with van der Waals surface area (Å²) in [6, 6.07) is 11.8. The Kier molecular flexibility index (Phi) is 3.72. The average molecular weight is 189 g/mol. The lowest BCUT2D eigenvalue weighted by Crippen LogP contribution is -1.99. The molecule has 0 saturated heterocycles. The highest BCUT2D eigenvalue weighted by atomic mass is 28.1. The first-order chi connectivity index (χ1) is 6.33. The fraction of sp³-hybridized carbons (Fsp3) is 0.364. The van der Waals surface area contributed by atoms with Crippen molar-refractivity contribution in [1.29, 1.82) is 5.26 Å². The van der Waals surface area contributed by atoms with Gasteiger partial charge in [-0.15, -0.1) is 0 Å². The van der Waals surface area contributed by atoms with Crippen molar-refractivity contribution in [3.05, 3.63) is 35.4 Å². The smallest absolute Gasteiger partial charge is 0.0712 e. The molecule has 68 valence electrons. The molecular weight excluding hydrogens is 174 g/mol. The fourth-order valence-corrected chi connectivity index (χ4v) is 2.22. The summed E-state index contributed by atoms with van der Waals surface area (Å²) in [6.07, 6.45) is 0.912. The molecule has 0 aliphatic heterocycles. The van der Waals surface area contributed by atoms with Crippen LogP contribution in [0.4, 0.5) is 0 Å². The van der Waals surface area contributed by atoms with Gasteiger partial charge in [0.1, 0.15) is 0 Å². The Hall–Kier alpha value is -1.07. The highest BCUT2D eigenvalue weighted by Crippen LogP contribution is 2.22. The molecule has 0 bridgehead atoms. The molecule has 1 rings (SSSR count). The largest absolute Gasteiger partial charge is 0.198 e. The molecule has 1 nitrogen and oxygen atoms in total. The molecule has 0 saturated carbocycles. The van der Waals surface area contributed by atoms with Gasteiger partial charge in [-0.3, -0.25) is 0 Å². The third kappa shape index (κ3) is 2.19. The van der Waals surface area contributed by atoms with Gasteiger partial charge in [0.15, 0.2) is 0 Å². The predicted octanol–water partition coefficient (Wildman–Crippen LogP) is 1.57. The third-order valence-electron chi connectivity index (χ3n) is 2.38. The quantitative estimate of drug-likeness (QED) is 0.662. The van der Waals surface area contributed by atoms with Crippen molar-refractivity contribution < 1.29 is 0 Å². The molecule has 0 aliphatic carbocycles. The Balaban J connectivity index is 3.05. The average Bonchev–Trinajstić information content (AvgIpc) is 2.20. The van der Waals surface area contributed by atoms with Crippen molar-refractivity contribution in [1.82, 2.24) is 0 Å². The van der Waals surface area contributed by atoms with Crippen LogP contribution in [0.15, 0.2) is 24.3 Å². The zero-order valence-electron chi connectivity index (χ0n) is 8.25. The molecule has 0 spiro atoms. The van der Waals surface area contributed by atoms with Crippen LogP contribution in [-0.4, -0.2) is 10.2 Å². The molecule has 2 heteroatoms. The van der Waals surface area contributed by atoms with Gasteiger partial charge in [-0.1, -0.05) is 31.2 Å². The molecule has 13 heavy (non-hydrogen) atoms. The van der Waals surface area contributed by atoms with Crippen molar-refractivity contribution in [3.8, 4) is 6.07 Å². The van der Waals surface area contributed by atoms with Crippen molar-refractivity contribution in [2.45, 2.75) is 25.3 Å². The summed E-state index contributed by atoms with van der Waals surface area (Å²) in [5.74, 6) is 0.0881. The predicted molar refractivity (Wildman–Crippen MR) is 58.7 cm³/mol. The summed E-state index contributed by atoms with van der Waals surface area (Å²) in [5, 5.41) is 8.96. The first kappa shape index (κ1) is 10.0. The van der Waals surface area contributed by atoms with Gasteiger partial charge in [0.25, 0.3) is 0 Å². The maximum atomic E-state index is 8.96. The van der Waals surface area contributed by atoms with Crippen LogP contribution in [0.25, 0.3) is 0 Å². The fourth-order valence-electron chi connectivity index (χ4n) is 1.58. The highest BCUT2D eigenvalue weighted by Gasteiger charge is 2.10. The van der Waals surface area contributed by atoms with E-state index in [-0.39, 0.29) is 5.92 Å². The second-order valence-corrected chi connectivity index (χ2v) is 3.85. The van der Waals surface area contributed by atoms with Crippen LogP contribution in [0.2, 0.25) is 0 Å². The molecule has 0 aliphatic rings. The van der Waals surface area contributed by atoms with E-state index in [1.807, 2.05) is 6.07 Å². The summed E-state index contributed by atoms with van der Waals surface area (Å²) in [7, 11) is 1.17. The maximum absolute atomic E-state index is 8.96. The Morgan fingerprint density at radius 2 is 2.15 bits per heavy atom. The van der Waals surface area contributed by atoms with Crippen LogP contribution < -0.4 is 0 Å². The molecule has 0 N–H and O–H groups in total. The van der Waals surface area contributed by atoms with E-state index in [1.54, 1.807) is 0 Å². The van der Waals surface area contributed by atoms with E-state index in [0.717, 1.165) is 12.5 Å². The topological polar surface area (TPSA) is 23.8 Å². The Bertz CT molecular complexity index is 314. The van der Waals surface area contributed by atoms with Gasteiger partial charge >= 0.3 is 0 Å². The highest BCUT2D eigenvalue weighted by molar-refractivity contribution is 6.08. The summed E-state index contributed by atoms with van der Waals surface area (Å²) in [4.78, 5) is 0. The van der Waals surface area contributed by atoms with E-state index < -0.39 is 0 Å². The Morgan fingerprint density at radius 3 is 2.69 bits per heavy atom. The number of hydrogen-bond donors (Lipinski definition) is 0. The minimum atomic E-state index is 0.0881. The van der Waals surface area contributed by atoms with E-state index in [2.05, 4.69) is 31.2 Å². The lowest BCUT2D eigenvalue weighted by molar-refractivity contribution is 0.810. The van der Waals surface area contributed by atoms with E-state index in [1.165, 1.54) is 21.4 Å². The summed E-state index contributed by atoms with van der Waals surface area (Å²) in [5.41, 5.74) is 2.60. The monoisotopic (exact) mass is 189 g/mol. The SMILES string of the molecule is CCC(C#N)c1ccccc1C[SiH3].